The van der Waals surface area contributed by atoms with E-state index in [1.165, 1.54) is 12.8 Å². The minimum Gasteiger partial charge on any atom is -0.378 e. The van der Waals surface area contributed by atoms with Crippen LogP contribution in [-0.2, 0) is 9.53 Å². The second kappa shape index (κ2) is 7.10. The third-order valence-electron chi connectivity index (χ3n) is 4.16. The van der Waals surface area contributed by atoms with E-state index >= 15 is 0 Å². The van der Waals surface area contributed by atoms with Gasteiger partial charge in [0.2, 0.25) is 5.91 Å². The third-order valence-corrected chi connectivity index (χ3v) is 4.16. The number of carbonyl (C=O) groups is 1. The van der Waals surface area contributed by atoms with Gasteiger partial charge in [0, 0.05) is 25.6 Å². The summed E-state index contributed by atoms with van der Waals surface area (Å²) in [5.41, 5.74) is 5.44. The van der Waals surface area contributed by atoms with Crippen molar-refractivity contribution in [2.24, 2.45) is 11.7 Å². The van der Waals surface area contributed by atoms with Gasteiger partial charge >= 0.3 is 0 Å². The Morgan fingerprint density at radius 3 is 2.44 bits per heavy atom. The highest BCUT2D eigenvalue weighted by Gasteiger charge is 2.29. The van der Waals surface area contributed by atoms with Crippen LogP contribution in [0.1, 0.15) is 44.9 Å². The molecule has 2 fully saturated rings. The minimum atomic E-state index is 0.319. The van der Waals surface area contributed by atoms with Crippen LogP contribution in [0.4, 0.5) is 0 Å². The minimum absolute atomic E-state index is 0.319. The average Bonchev–Trinajstić information content (AvgIpc) is 2.93. The van der Waals surface area contributed by atoms with Crippen LogP contribution in [0.5, 0.6) is 0 Å². The lowest BCUT2D eigenvalue weighted by atomic mass is 10.0. The van der Waals surface area contributed by atoms with Crippen LogP contribution < -0.4 is 5.73 Å². The molecule has 1 heterocycles. The van der Waals surface area contributed by atoms with Gasteiger partial charge in [0.05, 0.1) is 6.10 Å². The molecule has 2 rings (SSSR count). The molecule has 0 unspecified atom stereocenters. The van der Waals surface area contributed by atoms with Crippen molar-refractivity contribution in [3.8, 4) is 0 Å². The van der Waals surface area contributed by atoms with Gasteiger partial charge in [-0.05, 0) is 38.6 Å². The highest BCUT2D eigenvalue weighted by molar-refractivity contribution is 5.79. The predicted molar refractivity (Wildman–Crippen MR) is 71.2 cm³/mol. The normalized spacial score (nSPS) is 22.6. The summed E-state index contributed by atoms with van der Waals surface area (Å²) in [5.74, 6) is 0.715. The number of rotatable bonds is 5. The summed E-state index contributed by atoms with van der Waals surface area (Å²) in [6.07, 6.45) is 7.92. The van der Waals surface area contributed by atoms with Gasteiger partial charge in [0.1, 0.15) is 0 Å². The monoisotopic (exact) mass is 254 g/mol. The number of piperidine rings is 1. The number of ether oxygens (including phenoxy) is 1. The summed E-state index contributed by atoms with van der Waals surface area (Å²) in [5, 5.41) is 0. The lowest BCUT2D eigenvalue weighted by molar-refractivity contribution is -0.138. The Hall–Kier alpha value is -0.610. The van der Waals surface area contributed by atoms with Crippen LogP contribution in [0.25, 0.3) is 0 Å². The first kappa shape index (κ1) is 13.8. The molecule has 2 N–H and O–H groups in total. The van der Waals surface area contributed by atoms with Gasteiger partial charge in [0.15, 0.2) is 0 Å². The Balaban J connectivity index is 1.67. The number of nitrogens with two attached hydrogens (primary N) is 1. The molecule has 0 spiro atoms. The highest BCUT2D eigenvalue weighted by Crippen LogP contribution is 2.27. The highest BCUT2D eigenvalue weighted by atomic mass is 16.5. The first-order chi connectivity index (χ1) is 8.81. The van der Waals surface area contributed by atoms with E-state index in [0.717, 1.165) is 51.8 Å². The molecule has 1 amide bonds. The van der Waals surface area contributed by atoms with Crippen molar-refractivity contribution in [2.45, 2.75) is 51.0 Å². The van der Waals surface area contributed by atoms with E-state index in [9.17, 15) is 4.79 Å². The van der Waals surface area contributed by atoms with Crippen LogP contribution in [-0.4, -0.2) is 43.2 Å². The summed E-state index contributed by atoms with van der Waals surface area (Å²) in [7, 11) is 0. The van der Waals surface area contributed by atoms with Gasteiger partial charge in [0.25, 0.3) is 0 Å². The van der Waals surface area contributed by atoms with Gasteiger partial charge < -0.3 is 15.4 Å². The number of hydrogen-bond acceptors (Lipinski definition) is 3. The van der Waals surface area contributed by atoms with E-state index in [0.29, 0.717) is 24.5 Å². The second-order valence-electron chi connectivity index (χ2n) is 5.52. The van der Waals surface area contributed by atoms with Crippen LogP contribution in [0.3, 0.4) is 0 Å². The van der Waals surface area contributed by atoms with Gasteiger partial charge in [-0.15, -0.1) is 0 Å². The molecule has 0 atom stereocenters. The first-order valence-corrected chi connectivity index (χ1v) is 7.41. The van der Waals surface area contributed by atoms with E-state index in [1.807, 2.05) is 0 Å². The van der Waals surface area contributed by atoms with Crippen molar-refractivity contribution < 1.29 is 9.53 Å². The fourth-order valence-electron chi connectivity index (χ4n) is 3.01. The molecule has 1 saturated carbocycles. The largest absolute Gasteiger partial charge is 0.378 e. The van der Waals surface area contributed by atoms with Crippen LogP contribution in [0, 0.1) is 5.92 Å². The summed E-state index contributed by atoms with van der Waals surface area (Å²) >= 11 is 0. The maximum absolute atomic E-state index is 12.2. The molecular weight excluding hydrogens is 228 g/mol. The fourth-order valence-corrected chi connectivity index (χ4v) is 3.01. The molecule has 2 aliphatic rings. The SMILES string of the molecule is NCCCOC1CCN(C(=O)C2CCCC2)CC1. The molecule has 104 valence electrons. The van der Waals surface area contributed by atoms with E-state index < -0.39 is 0 Å². The molecule has 1 saturated heterocycles. The van der Waals surface area contributed by atoms with Crippen LogP contribution in [0.15, 0.2) is 0 Å². The van der Waals surface area contributed by atoms with Gasteiger partial charge in [-0.25, -0.2) is 0 Å². The van der Waals surface area contributed by atoms with Crippen molar-refractivity contribution in [3.63, 3.8) is 0 Å². The fraction of sp³-hybridized carbons (Fsp3) is 0.929. The quantitative estimate of drug-likeness (QED) is 0.757. The molecule has 0 radical (unpaired) electrons. The standard InChI is InChI=1S/C14H26N2O2/c15-8-3-11-18-13-6-9-16(10-7-13)14(17)12-4-1-2-5-12/h12-13H,1-11,15H2. The van der Waals surface area contributed by atoms with Gasteiger partial charge in [-0.1, -0.05) is 12.8 Å². The topological polar surface area (TPSA) is 55.6 Å². The molecule has 1 aliphatic heterocycles. The Labute approximate surface area is 110 Å². The zero-order valence-electron chi connectivity index (χ0n) is 11.3. The Bertz CT molecular complexity index is 257. The second-order valence-corrected chi connectivity index (χ2v) is 5.52. The number of amides is 1. The Morgan fingerprint density at radius 2 is 1.83 bits per heavy atom. The van der Waals surface area contributed by atoms with Crippen LogP contribution in [0.2, 0.25) is 0 Å². The van der Waals surface area contributed by atoms with E-state index in [4.69, 9.17) is 10.5 Å². The smallest absolute Gasteiger partial charge is 0.225 e. The lowest BCUT2D eigenvalue weighted by Gasteiger charge is -2.33. The molecule has 1 aliphatic carbocycles. The molecule has 18 heavy (non-hydrogen) atoms. The number of likely N-dealkylation sites (tertiary alicyclic amines) is 1. The average molecular weight is 254 g/mol. The summed E-state index contributed by atoms with van der Waals surface area (Å²) in [6, 6.07) is 0. The number of carbonyl (C=O) groups excluding carboxylic acids is 1. The molecule has 4 nitrogen and oxygen atoms in total. The Morgan fingerprint density at radius 1 is 1.17 bits per heavy atom. The van der Waals surface area contributed by atoms with Crippen molar-refractivity contribution in [3.05, 3.63) is 0 Å². The Kier molecular flexibility index (Phi) is 5.45. The number of nitrogens with zero attached hydrogens (tertiary/aromatic N) is 1. The zero-order valence-corrected chi connectivity index (χ0v) is 11.3. The van der Waals surface area contributed by atoms with Crippen molar-refractivity contribution in [1.82, 2.24) is 4.90 Å². The van der Waals surface area contributed by atoms with Gasteiger partial charge in [-0.3, -0.25) is 4.79 Å². The van der Waals surface area contributed by atoms with E-state index in [-0.39, 0.29) is 0 Å². The maximum Gasteiger partial charge on any atom is 0.225 e. The predicted octanol–water partition coefficient (Wildman–Crippen LogP) is 1.53. The van der Waals surface area contributed by atoms with Crippen molar-refractivity contribution in [1.29, 1.82) is 0 Å². The summed E-state index contributed by atoms with van der Waals surface area (Å²) in [4.78, 5) is 14.3. The lowest BCUT2D eigenvalue weighted by Crippen LogP contribution is -2.43. The third kappa shape index (κ3) is 3.69. The molecule has 4 heteroatoms. The van der Waals surface area contributed by atoms with Crippen LogP contribution >= 0.6 is 0 Å². The zero-order chi connectivity index (χ0) is 12.8. The van der Waals surface area contributed by atoms with E-state index in [2.05, 4.69) is 4.90 Å². The van der Waals surface area contributed by atoms with Gasteiger partial charge in [-0.2, -0.15) is 0 Å². The molecule has 0 aromatic rings. The molecule has 0 aromatic heterocycles. The number of hydrogen-bond donors (Lipinski definition) is 1. The summed E-state index contributed by atoms with van der Waals surface area (Å²) < 4.78 is 5.76. The first-order valence-electron chi connectivity index (χ1n) is 7.41. The van der Waals surface area contributed by atoms with Crippen molar-refractivity contribution >= 4 is 5.91 Å². The van der Waals surface area contributed by atoms with Crippen molar-refractivity contribution in [2.75, 3.05) is 26.2 Å². The summed E-state index contributed by atoms with van der Waals surface area (Å²) in [6.45, 7) is 3.21. The maximum atomic E-state index is 12.2. The molecule has 0 aromatic carbocycles. The molecular formula is C14H26N2O2. The molecule has 0 bridgehead atoms. The van der Waals surface area contributed by atoms with E-state index in [1.54, 1.807) is 0 Å².